The van der Waals surface area contributed by atoms with E-state index in [0.29, 0.717) is 30.2 Å². The number of rotatable bonds is 7. The van der Waals surface area contributed by atoms with Crippen molar-refractivity contribution in [2.75, 3.05) is 17.2 Å². The minimum Gasteiger partial charge on any atom is -0.383 e. The molecule has 1 aliphatic rings. The number of H-pyrrole nitrogens is 1. The van der Waals surface area contributed by atoms with Gasteiger partial charge < -0.3 is 16.0 Å². The Kier molecular flexibility index (Phi) is 8.10. The standard InChI is InChI=1S/C20H35N5O2S/c1-5-6-11-24(20(28)22-15-10-8-7-9-14(15)4)16-17(21)25(12-13(2)3)19(27)23-18(16)26/h13-15H,5-12,21H2,1-4H3,(H,22,28)(H,23,26,27)/t14-,15-/m0/s1. The Morgan fingerprint density at radius 1 is 1.36 bits per heavy atom. The molecule has 0 aromatic carbocycles. The van der Waals surface area contributed by atoms with E-state index in [0.717, 1.165) is 19.3 Å². The molecule has 0 radical (unpaired) electrons. The highest BCUT2D eigenvalue weighted by Gasteiger charge is 2.26. The van der Waals surface area contributed by atoms with Gasteiger partial charge in [-0.1, -0.05) is 47.0 Å². The number of hydrogen-bond donors (Lipinski definition) is 3. The molecular formula is C20H35N5O2S. The number of unbranched alkanes of at least 4 members (excludes halogenated alkanes) is 1. The van der Waals surface area contributed by atoms with Gasteiger partial charge >= 0.3 is 5.69 Å². The maximum absolute atomic E-state index is 12.7. The second-order valence-corrected chi connectivity index (χ2v) is 8.71. The van der Waals surface area contributed by atoms with Gasteiger partial charge in [-0.2, -0.15) is 0 Å². The highest BCUT2D eigenvalue weighted by atomic mass is 32.1. The summed E-state index contributed by atoms with van der Waals surface area (Å²) < 4.78 is 1.44. The smallest absolute Gasteiger partial charge is 0.330 e. The Hall–Kier alpha value is -1.83. The van der Waals surface area contributed by atoms with E-state index < -0.39 is 11.2 Å². The van der Waals surface area contributed by atoms with Crippen LogP contribution in [0.4, 0.5) is 11.5 Å². The number of aromatic nitrogens is 2. The SMILES string of the molecule is CCCCN(C(=S)N[C@H]1CCCC[C@@H]1C)c1c(N)n(CC(C)C)c(=O)[nH]c1=O. The molecule has 1 fully saturated rings. The molecule has 28 heavy (non-hydrogen) atoms. The first-order chi connectivity index (χ1) is 13.3. The van der Waals surface area contributed by atoms with Crippen molar-refractivity contribution < 1.29 is 0 Å². The summed E-state index contributed by atoms with van der Waals surface area (Å²) in [4.78, 5) is 29.2. The highest BCUT2D eigenvalue weighted by Crippen LogP contribution is 2.25. The van der Waals surface area contributed by atoms with Crippen LogP contribution < -0.4 is 27.2 Å². The monoisotopic (exact) mass is 409 g/mol. The van der Waals surface area contributed by atoms with Crippen molar-refractivity contribution in [2.24, 2.45) is 11.8 Å². The molecule has 4 N–H and O–H groups in total. The van der Waals surface area contributed by atoms with Gasteiger partial charge in [0.05, 0.1) is 0 Å². The van der Waals surface area contributed by atoms with Crippen LogP contribution in [0.3, 0.4) is 0 Å². The maximum Gasteiger partial charge on any atom is 0.330 e. The zero-order valence-corrected chi connectivity index (χ0v) is 18.4. The molecule has 0 unspecified atom stereocenters. The van der Waals surface area contributed by atoms with E-state index >= 15 is 0 Å². The molecular weight excluding hydrogens is 374 g/mol. The molecule has 1 saturated carbocycles. The van der Waals surface area contributed by atoms with E-state index in [1.807, 2.05) is 13.8 Å². The van der Waals surface area contributed by atoms with Crippen LogP contribution in [0.1, 0.15) is 66.2 Å². The lowest BCUT2D eigenvalue weighted by atomic mass is 9.86. The number of nitrogens with two attached hydrogens (primary N) is 1. The number of hydrogen-bond acceptors (Lipinski definition) is 4. The zero-order valence-electron chi connectivity index (χ0n) is 17.6. The van der Waals surface area contributed by atoms with E-state index in [2.05, 4.69) is 24.1 Å². The molecule has 8 heteroatoms. The quantitative estimate of drug-likeness (QED) is 0.599. The van der Waals surface area contributed by atoms with Gasteiger partial charge in [0.25, 0.3) is 5.56 Å². The van der Waals surface area contributed by atoms with Crippen LogP contribution in [0, 0.1) is 11.8 Å². The third-order valence-corrected chi connectivity index (χ3v) is 5.77. The molecule has 0 bridgehead atoms. The Morgan fingerprint density at radius 2 is 2.04 bits per heavy atom. The molecule has 2 rings (SSSR count). The van der Waals surface area contributed by atoms with E-state index in [4.69, 9.17) is 18.0 Å². The lowest BCUT2D eigenvalue weighted by Crippen LogP contribution is -2.50. The van der Waals surface area contributed by atoms with Crippen LogP contribution in [0.15, 0.2) is 9.59 Å². The van der Waals surface area contributed by atoms with Crippen LogP contribution in [0.25, 0.3) is 0 Å². The Labute approximate surface area is 172 Å². The van der Waals surface area contributed by atoms with Crippen molar-refractivity contribution in [2.45, 2.75) is 78.8 Å². The normalized spacial score (nSPS) is 19.6. The summed E-state index contributed by atoms with van der Waals surface area (Å²) in [5.41, 5.74) is 5.63. The first kappa shape index (κ1) is 22.5. The number of nitrogen functional groups attached to an aromatic ring is 1. The second-order valence-electron chi connectivity index (χ2n) is 8.32. The predicted octanol–water partition coefficient (Wildman–Crippen LogP) is 2.83. The minimum absolute atomic E-state index is 0.180. The molecule has 0 amide bonds. The van der Waals surface area contributed by atoms with Crippen molar-refractivity contribution in [3.05, 3.63) is 20.8 Å². The fourth-order valence-corrected chi connectivity index (χ4v) is 4.12. The Morgan fingerprint density at radius 3 is 2.64 bits per heavy atom. The topological polar surface area (TPSA) is 96.2 Å². The lowest BCUT2D eigenvalue weighted by molar-refractivity contribution is 0.309. The van der Waals surface area contributed by atoms with Crippen LogP contribution in [0.2, 0.25) is 0 Å². The molecule has 1 heterocycles. The summed E-state index contributed by atoms with van der Waals surface area (Å²) >= 11 is 5.71. The maximum atomic E-state index is 12.7. The summed E-state index contributed by atoms with van der Waals surface area (Å²) in [5.74, 6) is 0.931. The molecule has 0 saturated heterocycles. The van der Waals surface area contributed by atoms with Crippen molar-refractivity contribution >= 4 is 28.8 Å². The Balaban J connectivity index is 2.40. The van der Waals surface area contributed by atoms with Gasteiger partial charge in [0.1, 0.15) is 5.82 Å². The fraction of sp³-hybridized carbons (Fsp3) is 0.750. The minimum atomic E-state index is -0.487. The van der Waals surface area contributed by atoms with Crippen molar-refractivity contribution in [1.29, 1.82) is 0 Å². The number of aromatic amines is 1. The molecule has 1 aromatic rings. The molecule has 158 valence electrons. The van der Waals surface area contributed by atoms with Crippen LogP contribution >= 0.6 is 12.2 Å². The van der Waals surface area contributed by atoms with Crippen LogP contribution in [0.5, 0.6) is 0 Å². The van der Waals surface area contributed by atoms with Crippen molar-refractivity contribution in [3.8, 4) is 0 Å². The van der Waals surface area contributed by atoms with Crippen LogP contribution in [-0.2, 0) is 6.54 Å². The summed E-state index contributed by atoms with van der Waals surface area (Å²) in [6.07, 6.45) is 6.51. The molecule has 2 atom stereocenters. The largest absolute Gasteiger partial charge is 0.383 e. The highest BCUT2D eigenvalue weighted by molar-refractivity contribution is 7.80. The van der Waals surface area contributed by atoms with Crippen molar-refractivity contribution in [3.63, 3.8) is 0 Å². The summed E-state index contributed by atoms with van der Waals surface area (Å²) in [6.45, 7) is 9.35. The average Bonchev–Trinajstić information content (AvgIpc) is 2.63. The number of nitrogens with zero attached hydrogens (tertiary/aromatic N) is 2. The van der Waals surface area contributed by atoms with E-state index in [-0.39, 0.29) is 17.4 Å². The number of thiocarbonyl (C=S) groups is 1. The van der Waals surface area contributed by atoms with Gasteiger partial charge in [-0.3, -0.25) is 14.3 Å². The Bertz CT molecular complexity index is 786. The molecule has 1 aromatic heterocycles. The zero-order chi connectivity index (χ0) is 20.8. The van der Waals surface area contributed by atoms with Crippen molar-refractivity contribution in [1.82, 2.24) is 14.9 Å². The lowest BCUT2D eigenvalue weighted by Gasteiger charge is -2.34. The number of anilines is 2. The third kappa shape index (κ3) is 5.37. The second kappa shape index (κ2) is 10.1. The van der Waals surface area contributed by atoms with Gasteiger partial charge in [0.15, 0.2) is 10.8 Å². The van der Waals surface area contributed by atoms with Crippen LogP contribution in [-0.4, -0.2) is 27.3 Å². The molecule has 7 nitrogen and oxygen atoms in total. The van der Waals surface area contributed by atoms with Gasteiger partial charge in [0.2, 0.25) is 0 Å². The summed E-state index contributed by atoms with van der Waals surface area (Å²) in [6, 6.07) is 0.298. The molecule has 1 aliphatic carbocycles. The van der Waals surface area contributed by atoms with E-state index in [9.17, 15) is 9.59 Å². The van der Waals surface area contributed by atoms with E-state index in [1.165, 1.54) is 23.8 Å². The first-order valence-electron chi connectivity index (χ1n) is 10.5. The molecule has 0 aliphatic heterocycles. The first-order valence-corrected chi connectivity index (χ1v) is 10.9. The fourth-order valence-electron chi connectivity index (χ4n) is 3.78. The summed E-state index contributed by atoms with van der Waals surface area (Å²) in [5, 5.41) is 3.98. The van der Waals surface area contributed by atoms with Gasteiger partial charge in [0, 0.05) is 19.1 Å². The number of nitrogens with one attached hydrogen (secondary N) is 2. The van der Waals surface area contributed by atoms with E-state index in [1.54, 1.807) is 4.90 Å². The molecule has 0 spiro atoms. The van der Waals surface area contributed by atoms with Gasteiger partial charge in [-0.05, 0) is 43.3 Å². The van der Waals surface area contributed by atoms with Gasteiger partial charge in [-0.15, -0.1) is 0 Å². The summed E-state index contributed by atoms with van der Waals surface area (Å²) in [7, 11) is 0. The third-order valence-electron chi connectivity index (χ3n) is 5.43. The van der Waals surface area contributed by atoms with Gasteiger partial charge in [-0.25, -0.2) is 4.79 Å². The average molecular weight is 410 g/mol. The predicted molar refractivity (Wildman–Crippen MR) is 120 cm³/mol.